The minimum absolute atomic E-state index is 0.113. The van der Waals surface area contributed by atoms with Crippen molar-refractivity contribution in [3.8, 4) is 5.75 Å². The summed E-state index contributed by atoms with van der Waals surface area (Å²) in [6, 6.07) is 10.4. The topological polar surface area (TPSA) is 54.6 Å². The second-order valence-electron chi connectivity index (χ2n) is 4.94. The molecule has 6 heteroatoms. The molecule has 0 saturated carbocycles. The number of benzene rings is 2. The van der Waals surface area contributed by atoms with Gasteiger partial charge in [-0.25, -0.2) is 8.78 Å². The lowest BCUT2D eigenvalue weighted by atomic mass is 10.2. The van der Waals surface area contributed by atoms with Crippen LogP contribution in [0.3, 0.4) is 0 Å². The highest BCUT2D eigenvalue weighted by Crippen LogP contribution is 2.31. The molecule has 1 heterocycles. The summed E-state index contributed by atoms with van der Waals surface area (Å²) in [5, 5.41) is 10.8. The van der Waals surface area contributed by atoms with Gasteiger partial charge >= 0.3 is 0 Å². The Morgan fingerprint density at radius 1 is 1.17 bits per heavy atom. The molecule has 0 atom stereocenters. The van der Waals surface area contributed by atoms with Gasteiger partial charge in [0.15, 0.2) is 17.4 Å². The number of hydrogen-bond donors (Lipinski definition) is 1. The minimum Gasteiger partial charge on any atom is -0.505 e. The normalized spacial score (nSPS) is 11.4. The lowest BCUT2D eigenvalue weighted by Gasteiger charge is -2.02. The van der Waals surface area contributed by atoms with Crippen molar-refractivity contribution in [3.63, 3.8) is 0 Å². The highest BCUT2D eigenvalue weighted by molar-refractivity contribution is 6.04. The van der Waals surface area contributed by atoms with Crippen LogP contribution in [-0.2, 0) is 0 Å². The van der Waals surface area contributed by atoms with Gasteiger partial charge in [0.25, 0.3) is 0 Å². The Kier molecular flexibility index (Phi) is 3.65. The maximum absolute atomic E-state index is 13.6. The van der Waals surface area contributed by atoms with Crippen LogP contribution < -0.4 is 0 Å². The lowest BCUT2D eigenvalue weighted by Crippen LogP contribution is -2.09. The van der Waals surface area contributed by atoms with Crippen molar-refractivity contribution in [3.05, 3.63) is 59.8 Å². The smallest absolute Gasteiger partial charge is 0.228 e. The average Bonchev–Trinajstić information content (AvgIpc) is 2.82. The Hall–Kier alpha value is -3.02. The maximum atomic E-state index is 13.6. The van der Waals surface area contributed by atoms with Crippen molar-refractivity contribution in [2.45, 2.75) is 6.92 Å². The minimum atomic E-state index is -1.09. The van der Waals surface area contributed by atoms with Crippen LogP contribution in [0.1, 0.15) is 17.4 Å². The van der Waals surface area contributed by atoms with Crippen molar-refractivity contribution >= 4 is 28.7 Å². The molecular formula is C17H12F2N2O2. The van der Waals surface area contributed by atoms with Crippen LogP contribution >= 0.6 is 0 Å². The van der Waals surface area contributed by atoms with Crippen LogP contribution in [0.15, 0.2) is 47.5 Å². The first-order valence-electron chi connectivity index (χ1n) is 6.82. The van der Waals surface area contributed by atoms with E-state index in [4.69, 9.17) is 0 Å². The molecule has 0 saturated heterocycles. The first-order valence-corrected chi connectivity index (χ1v) is 6.82. The number of carbonyl (C=O) groups excluding carboxylic acids is 1. The summed E-state index contributed by atoms with van der Waals surface area (Å²) >= 11 is 0. The van der Waals surface area contributed by atoms with Crippen molar-refractivity contribution in [2.75, 3.05) is 0 Å². The molecule has 0 bridgehead atoms. The van der Waals surface area contributed by atoms with Gasteiger partial charge in [0, 0.05) is 12.3 Å². The molecular weight excluding hydrogens is 302 g/mol. The summed E-state index contributed by atoms with van der Waals surface area (Å²) in [5.74, 6) is -2.58. The molecule has 23 heavy (non-hydrogen) atoms. The summed E-state index contributed by atoms with van der Waals surface area (Å²) in [6.07, 6.45) is 1.15. The first kappa shape index (κ1) is 14.9. The third-order valence-corrected chi connectivity index (χ3v) is 3.46. The number of para-hydroxylation sites is 1. The van der Waals surface area contributed by atoms with Gasteiger partial charge in [-0.05, 0) is 24.3 Å². The second kappa shape index (κ2) is 5.64. The van der Waals surface area contributed by atoms with Crippen LogP contribution in [0, 0.1) is 11.6 Å². The number of aromatic hydroxyl groups is 1. The van der Waals surface area contributed by atoms with E-state index in [-0.39, 0.29) is 23.0 Å². The van der Waals surface area contributed by atoms with Crippen LogP contribution in [-0.4, -0.2) is 21.8 Å². The monoisotopic (exact) mass is 314 g/mol. The molecule has 1 N–H and O–H groups in total. The highest BCUT2D eigenvalue weighted by Gasteiger charge is 2.17. The molecule has 3 aromatic rings. The van der Waals surface area contributed by atoms with Crippen molar-refractivity contribution in [1.82, 2.24) is 4.57 Å². The van der Waals surface area contributed by atoms with E-state index in [2.05, 4.69) is 4.99 Å². The fourth-order valence-corrected chi connectivity index (χ4v) is 2.42. The molecule has 0 fully saturated rings. The van der Waals surface area contributed by atoms with Gasteiger partial charge in [-0.1, -0.05) is 18.2 Å². The standard InChI is InChI=1S/C17H12F2N2O2/c1-10(22)21-14-8-3-2-5-11(14)17(23)15(21)9-20-13-7-4-6-12(18)16(13)19/h2-9,23H,1H3. The number of hydrogen-bond acceptors (Lipinski definition) is 3. The number of aliphatic imine (C=N–C) groups is 1. The van der Waals surface area contributed by atoms with E-state index in [1.165, 1.54) is 23.6 Å². The number of nitrogens with zero attached hydrogens (tertiary/aromatic N) is 2. The van der Waals surface area contributed by atoms with E-state index in [9.17, 15) is 18.7 Å². The van der Waals surface area contributed by atoms with Gasteiger partial charge in [0.1, 0.15) is 11.4 Å². The molecule has 0 aliphatic heterocycles. The quantitative estimate of drug-likeness (QED) is 0.726. The largest absolute Gasteiger partial charge is 0.505 e. The Morgan fingerprint density at radius 3 is 2.65 bits per heavy atom. The van der Waals surface area contributed by atoms with E-state index in [0.717, 1.165) is 12.3 Å². The second-order valence-corrected chi connectivity index (χ2v) is 4.94. The van der Waals surface area contributed by atoms with Gasteiger partial charge in [-0.3, -0.25) is 14.4 Å². The molecule has 0 radical (unpaired) electrons. The Bertz CT molecular complexity index is 945. The SMILES string of the molecule is CC(=O)n1c(C=Nc2cccc(F)c2F)c(O)c2ccccc21. The van der Waals surface area contributed by atoms with Crippen molar-refractivity contribution < 1.29 is 18.7 Å². The first-order chi connectivity index (χ1) is 11.0. The molecule has 0 aliphatic rings. The van der Waals surface area contributed by atoms with Crippen molar-refractivity contribution in [2.24, 2.45) is 4.99 Å². The third-order valence-electron chi connectivity index (χ3n) is 3.46. The zero-order valence-electron chi connectivity index (χ0n) is 12.1. The molecule has 0 unspecified atom stereocenters. The lowest BCUT2D eigenvalue weighted by molar-refractivity contribution is 0.0940. The summed E-state index contributed by atoms with van der Waals surface area (Å²) < 4.78 is 28.1. The Balaban J connectivity index is 2.18. The fraction of sp³-hybridized carbons (Fsp3) is 0.0588. The summed E-state index contributed by atoms with van der Waals surface area (Å²) in [4.78, 5) is 15.7. The van der Waals surface area contributed by atoms with E-state index in [1.807, 2.05) is 0 Å². The fourth-order valence-electron chi connectivity index (χ4n) is 2.42. The zero-order chi connectivity index (χ0) is 16.6. The molecule has 0 amide bonds. The van der Waals surface area contributed by atoms with Crippen LogP contribution in [0.5, 0.6) is 5.75 Å². The Morgan fingerprint density at radius 2 is 1.91 bits per heavy atom. The van der Waals surface area contributed by atoms with E-state index < -0.39 is 11.6 Å². The number of rotatable bonds is 2. The van der Waals surface area contributed by atoms with Gasteiger partial charge < -0.3 is 5.11 Å². The average molecular weight is 314 g/mol. The predicted octanol–water partition coefficient (Wildman–Crippen LogP) is 4.04. The van der Waals surface area contributed by atoms with Crippen molar-refractivity contribution in [1.29, 1.82) is 0 Å². The van der Waals surface area contributed by atoms with E-state index in [0.29, 0.717) is 10.9 Å². The predicted molar refractivity (Wildman–Crippen MR) is 83.5 cm³/mol. The van der Waals surface area contributed by atoms with Gasteiger partial charge in [-0.15, -0.1) is 0 Å². The summed E-state index contributed by atoms with van der Waals surface area (Å²) in [5.41, 5.74) is 0.408. The summed E-state index contributed by atoms with van der Waals surface area (Å²) in [6.45, 7) is 1.34. The molecule has 3 rings (SSSR count). The number of aromatic nitrogens is 1. The number of carbonyl (C=O) groups is 1. The summed E-state index contributed by atoms with van der Waals surface area (Å²) in [7, 11) is 0. The molecule has 4 nitrogen and oxygen atoms in total. The van der Waals surface area contributed by atoms with Gasteiger partial charge in [0.05, 0.1) is 11.7 Å². The Labute approximate surface area is 130 Å². The van der Waals surface area contributed by atoms with E-state index in [1.54, 1.807) is 24.3 Å². The zero-order valence-corrected chi connectivity index (χ0v) is 12.1. The van der Waals surface area contributed by atoms with Gasteiger partial charge in [-0.2, -0.15) is 0 Å². The van der Waals surface area contributed by atoms with Crippen LogP contribution in [0.2, 0.25) is 0 Å². The molecule has 0 aliphatic carbocycles. The number of fused-ring (bicyclic) bond motifs is 1. The molecule has 116 valence electrons. The van der Waals surface area contributed by atoms with Crippen LogP contribution in [0.4, 0.5) is 14.5 Å². The van der Waals surface area contributed by atoms with E-state index >= 15 is 0 Å². The third kappa shape index (κ3) is 2.48. The molecule has 0 spiro atoms. The number of halogens is 2. The maximum Gasteiger partial charge on any atom is 0.228 e. The molecule has 1 aromatic heterocycles. The van der Waals surface area contributed by atoms with Crippen LogP contribution in [0.25, 0.3) is 10.9 Å². The highest BCUT2D eigenvalue weighted by atomic mass is 19.2. The molecule has 2 aromatic carbocycles. The van der Waals surface area contributed by atoms with Gasteiger partial charge in [0.2, 0.25) is 5.91 Å².